The Morgan fingerprint density at radius 2 is 2.06 bits per heavy atom. The van der Waals surface area contributed by atoms with Gasteiger partial charge in [0.2, 0.25) is 5.88 Å². The number of anilines is 1. The molecule has 0 atom stereocenters. The summed E-state index contributed by atoms with van der Waals surface area (Å²) in [5, 5.41) is 3.06. The van der Waals surface area contributed by atoms with Gasteiger partial charge in [0.05, 0.1) is 12.2 Å². The van der Waals surface area contributed by atoms with Crippen molar-refractivity contribution in [1.82, 2.24) is 9.97 Å². The molecule has 0 saturated carbocycles. The van der Waals surface area contributed by atoms with E-state index in [1.165, 1.54) is 6.33 Å². The number of nitrogens with zero attached hydrogens (tertiary/aromatic N) is 2. The van der Waals surface area contributed by atoms with Gasteiger partial charge in [-0.3, -0.25) is 0 Å². The molecule has 1 rings (SSSR count). The topological polar surface area (TPSA) is 56.3 Å². The van der Waals surface area contributed by atoms with E-state index in [0.717, 1.165) is 11.4 Å². The van der Waals surface area contributed by atoms with Crippen LogP contribution in [0.4, 0.5) is 5.82 Å². The quantitative estimate of drug-likeness (QED) is 0.738. The lowest BCUT2D eigenvalue weighted by atomic mass is 10.1. The zero-order valence-corrected chi connectivity index (χ0v) is 11.0. The summed E-state index contributed by atoms with van der Waals surface area (Å²) < 4.78 is 10.9. The second-order valence-electron chi connectivity index (χ2n) is 3.89. The molecule has 0 amide bonds. The highest BCUT2D eigenvalue weighted by Gasteiger charge is 2.15. The Hall–Kier alpha value is -1.36. The number of nitrogens with one attached hydrogen (secondary N) is 1. The number of hydrogen-bond donors (Lipinski definition) is 1. The average Bonchev–Trinajstić information content (AvgIpc) is 2.33. The average molecular weight is 239 g/mol. The van der Waals surface area contributed by atoms with E-state index in [1.807, 2.05) is 14.0 Å². The lowest BCUT2D eigenvalue weighted by Crippen LogP contribution is -2.11. The summed E-state index contributed by atoms with van der Waals surface area (Å²) >= 11 is 0. The van der Waals surface area contributed by atoms with E-state index in [0.29, 0.717) is 31.6 Å². The van der Waals surface area contributed by atoms with E-state index in [-0.39, 0.29) is 0 Å². The molecule has 1 heterocycles. The van der Waals surface area contributed by atoms with Gasteiger partial charge in [-0.1, -0.05) is 13.8 Å². The molecule has 0 radical (unpaired) electrons. The van der Waals surface area contributed by atoms with Crippen molar-refractivity contribution in [2.45, 2.75) is 26.7 Å². The normalized spacial score (nSPS) is 10.6. The molecule has 1 aromatic rings. The maximum atomic E-state index is 5.63. The lowest BCUT2D eigenvalue weighted by molar-refractivity contribution is 0.108. The first kappa shape index (κ1) is 13.7. The highest BCUT2D eigenvalue weighted by molar-refractivity contribution is 5.50. The van der Waals surface area contributed by atoms with Gasteiger partial charge in [-0.25, -0.2) is 9.97 Å². The van der Waals surface area contributed by atoms with Crippen LogP contribution in [0.2, 0.25) is 0 Å². The van der Waals surface area contributed by atoms with Crippen molar-refractivity contribution in [3.63, 3.8) is 0 Å². The van der Waals surface area contributed by atoms with Crippen molar-refractivity contribution in [2.24, 2.45) is 0 Å². The van der Waals surface area contributed by atoms with Gasteiger partial charge in [-0.2, -0.15) is 0 Å². The van der Waals surface area contributed by atoms with Crippen molar-refractivity contribution < 1.29 is 9.47 Å². The summed E-state index contributed by atoms with van der Waals surface area (Å²) in [6, 6.07) is 0. The summed E-state index contributed by atoms with van der Waals surface area (Å²) in [6.07, 6.45) is 1.51. The van der Waals surface area contributed by atoms with Crippen LogP contribution in [0.1, 0.15) is 32.3 Å². The Morgan fingerprint density at radius 1 is 1.29 bits per heavy atom. The SMILES string of the molecule is CCOCCOc1ncnc(NC)c1C(C)C. The molecule has 96 valence electrons. The third-order valence-electron chi connectivity index (χ3n) is 2.33. The molecule has 0 aliphatic rings. The molecule has 0 bridgehead atoms. The van der Waals surface area contributed by atoms with E-state index in [1.54, 1.807) is 0 Å². The standard InChI is InChI=1S/C12H21N3O2/c1-5-16-6-7-17-12-10(9(2)3)11(13-4)14-8-15-12/h8-9H,5-7H2,1-4H3,(H,13,14,15). The third kappa shape index (κ3) is 3.85. The fraction of sp³-hybridized carbons (Fsp3) is 0.667. The first-order chi connectivity index (χ1) is 8.20. The van der Waals surface area contributed by atoms with Crippen LogP contribution in [-0.2, 0) is 4.74 Å². The number of ether oxygens (including phenoxy) is 2. The smallest absolute Gasteiger partial charge is 0.222 e. The molecular formula is C12H21N3O2. The zero-order valence-electron chi connectivity index (χ0n) is 11.0. The van der Waals surface area contributed by atoms with Crippen LogP contribution >= 0.6 is 0 Å². The van der Waals surface area contributed by atoms with Crippen molar-refractivity contribution in [2.75, 3.05) is 32.2 Å². The number of aromatic nitrogens is 2. The molecule has 0 aliphatic carbocycles. The van der Waals surface area contributed by atoms with Crippen LogP contribution in [0.15, 0.2) is 6.33 Å². The monoisotopic (exact) mass is 239 g/mol. The van der Waals surface area contributed by atoms with Gasteiger partial charge in [0, 0.05) is 13.7 Å². The molecule has 17 heavy (non-hydrogen) atoms. The predicted molar refractivity (Wildman–Crippen MR) is 67.7 cm³/mol. The minimum Gasteiger partial charge on any atom is -0.475 e. The van der Waals surface area contributed by atoms with Gasteiger partial charge in [0.1, 0.15) is 18.8 Å². The van der Waals surface area contributed by atoms with Crippen molar-refractivity contribution in [3.05, 3.63) is 11.9 Å². The van der Waals surface area contributed by atoms with Crippen molar-refractivity contribution >= 4 is 5.82 Å². The van der Waals surface area contributed by atoms with Gasteiger partial charge in [0.15, 0.2) is 0 Å². The second-order valence-corrected chi connectivity index (χ2v) is 3.89. The van der Waals surface area contributed by atoms with Crippen LogP contribution in [0, 0.1) is 0 Å². The molecule has 0 saturated heterocycles. The van der Waals surface area contributed by atoms with Gasteiger partial charge >= 0.3 is 0 Å². The van der Waals surface area contributed by atoms with Gasteiger partial charge < -0.3 is 14.8 Å². The summed E-state index contributed by atoms with van der Waals surface area (Å²) in [5.41, 5.74) is 1.01. The highest BCUT2D eigenvalue weighted by atomic mass is 16.5. The van der Waals surface area contributed by atoms with Crippen LogP contribution in [0.5, 0.6) is 5.88 Å². The molecular weight excluding hydrogens is 218 g/mol. The van der Waals surface area contributed by atoms with Gasteiger partial charge in [-0.05, 0) is 12.8 Å². The number of hydrogen-bond acceptors (Lipinski definition) is 5. The summed E-state index contributed by atoms with van der Waals surface area (Å²) in [5.74, 6) is 1.77. The largest absolute Gasteiger partial charge is 0.475 e. The van der Waals surface area contributed by atoms with Crippen LogP contribution in [0.3, 0.4) is 0 Å². The van der Waals surface area contributed by atoms with Crippen LogP contribution in [-0.4, -0.2) is 36.8 Å². The molecule has 5 heteroatoms. The Kier molecular flexibility index (Phi) is 5.69. The Balaban J connectivity index is 2.76. The Bertz CT molecular complexity index is 343. The molecule has 0 spiro atoms. The molecule has 0 aliphatic heterocycles. The Labute approximate surface area is 103 Å². The predicted octanol–water partition coefficient (Wildman–Crippen LogP) is 2.06. The maximum Gasteiger partial charge on any atom is 0.222 e. The van der Waals surface area contributed by atoms with E-state index < -0.39 is 0 Å². The minimum atomic E-state index is 0.306. The maximum absolute atomic E-state index is 5.63. The molecule has 0 unspecified atom stereocenters. The fourth-order valence-electron chi connectivity index (χ4n) is 1.56. The summed E-state index contributed by atoms with van der Waals surface area (Å²) in [4.78, 5) is 8.37. The highest BCUT2D eigenvalue weighted by Crippen LogP contribution is 2.29. The van der Waals surface area contributed by atoms with Crippen LogP contribution in [0.25, 0.3) is 0 Å². The van der Waals surface area contributed by atoms with Crippen LogP contribution < -0.4 is 10.1 Å². The first-order valence-corrected chi connectivity index (χ1v) is 5.93. The Morgan fingerprint density at radius 3 is 2.65 bits per heavy atom. The fourth-order valence-corrected chi connectivity index (χ4v) is 1.56. The molecule has 1 aromatic heterocycles. The lowest BCUT2D eigenvalue weighted by Gasteiger charge is -2.15. The van der Waals surface area contributed by atoms with E-state index >= 15 is 0 Å². The second kappa shape index (κ2) is 7.06. The molecule has 5 nitrogen and oxygen atoms in total. The van der Waals surface area contributed by atoms with Crippen molar-refractivity contribution in [3.8, 4) is 5.88 Å². The molecule has 0 aromatic carbocycles. The number of rotatable bonds is 7. The van der Waals surface area contributed by atoms with E-state index in [9.17, 15) is 0 Å². The molecule has 0 fully saturated rings. The van der Waals surface area contributed by atoms with E-state index in [4.69, 9.17) is 9.47 Å². The van der Waals surface area contributed by atoms with Gasteiger partial charge in [-0.15, -0.1) is 0 Å². The summed E-state index contributed by atoms with van der Waals surface area (Å²) in [6.45, 7) is 7.93. The van der Waals surface area contributed by atoms with E-state index in [2.05, 4.69) is 29.1 Å². The summed E-state index contributed by atoms with van der Waals surface area (Å²) in [7, 11) is 1.85. The first-order valence-electron chi connectivity index (χ1n) is 5.93. The van der Waals surface area contributed by atoms with Gasteiger partial charge in [0.25, 0.3) is 0 Å². The minimum absolute atomic E-state index is 0.306. The molecule has 1 N–H and O–H groups in total. The third-order valence-corrected chi connectivity index (χ3v) is 2.33. The van der Waals surface area contributed by atoms with Crippen molar-refractivity contribution in [1.29, 1.82) is 0 Å². The zero-order chi connectivity index (χ0) is 12.7.